The van der Waals surface area contributed by atoms with Gasteiger partial charge in [0.05, 0.1) is 27.8 Å². The second kappa shape index (κ2) is 4.24. The first-order valence-electron chi connectivity index (χ1n) is 6.82. The SMILES string of the molecule is CC1(C)N=C(c2cnn3cccc3c2)c2sccc2C1F. The highest BCUT2D eigenvalue weighted by atomic mass is 32.1. The largest absolute Gasteiger partial charge is 0.274 e. The maximum Gasteiger partial charge on any atom is 0.151 e. The molecule has 0 spiro atoms. The Bertz CT molecular complexity index is 859. The topological polar surface area (TPSA) is 29.7 Å². The molecule has 1 aliphatic rings. The van der Waals surface area contributed by atoms with E-state index in [0.29, 0.717) is 0 Å². The van der Waals surface area contributed by atoms with Crippen LogP contribution in [0.15, 0.2) is 47.0 Å². The highest BCUT2D eigenvalue weighted by Crippen LogP contribution is 2.42. The van der Waals surface area contributed by atoms with Crippen molar-refractivity contribution in [1.82, 2.24) is 9.61 Å². The van der Waals surface area contributed by atoms with Gasteiger partial charge in [0.1, 0.15) is 0 Å². The minimum atomic E-state index is -1.06. The van der Waals surface area contributed by atoms with E-state index < -0.39 is 11.7 Å². The summed E-state index contributed by atoms with van der Waals surface area (Å²) < 4.78 is 16.4. The molecule has 21 heavy (non-hydrogen) atoms. The maximum absolute atomic E-state index is 14.6. The Hall–Kier alpha value is -2.01. The van der Waals surface area contributed by atoms with Gasteiger partial charge < -0.3 is 0 Å². The van der Waals surface area contributed by atoms with Gasteiger partial charge in [-0.15, -0.1) is 11.3 Å². The Morgan fingerprint density at radius 2 is 2.19 bits per heavy atom. The van der Waals surface area contributed by atoms with E-state index in [1.54, 1.807) is 6.20 Å². The number of halogens is 1. The van der Waals surface area contributed by atoms with Gasteiger partial charge in [-0.1, -0.05) is 0 Å². The molecule has 0 bridgehead atoms. The van der Waals surface area contributed by atoms with Crippen molar-refractivity contribution in [2.45, 2.75) is 25.6 Å². The lowest BCUT2D eigenvalue weighted by molar-refractivity contribution is 0.222. The summed E-state index contributed by atoms with van der Waals surface area (Å²) in [7, 11) is 0. The van der Waals surface area contributed by atoms with Crippen LogP contribution < -0.4 is 0 Å². The van der Waals surface area contributed by atoms with Crippen LogP contribution in [0.2, 0.25) is 0 Å². The minimum absolute atomic E-state index is 0.741. The molecule has 0 aromatic carbocycles. The van der Waals surface area contributed by atoms with Crippen LogP contribution in [0.1, 0.15) is 36.0 Å². The molecule has 1 unspecified atom stereocenters. The summed E-state index contributed by atoms with van der Waals surface area (Å²) in [6, 6.07) is 7.86. The third-order valence-corrected chi connectivity index (χ3v) is 4.80. The van der Waals surface area contributed by atoms with E-state index in [4.69, 9.17) is 0 Å². The molecule has 1 atom stereocenters. The predicted octanol–water partition coefficient (Wildman–Crippen LogP) is 4.04. The van der Waals surface area contributed by atoms with Crippen LogP contribution in [0, 0.1) is 0 Å². The van der Waals surface area contributed by atoms with Crippen molar-refractivity contribution >= 4 is 22.6 Å². The molecule has 4 heterocycles. The lowest BCUT2D eigenvalue weighted by Gasteiger charge is -2.30. The zero-order valence-electron chi connectivity index (χ0n) is 11.7. The van der Waals surface area contributed by atoms with Gasteiger partial charge in [-0.3, -0.25) is 4.99 Å². The molecule has 0 saturated heterocycles. The molecule has 0 fully saturated rings. The molecular formula is C16H14FN3S. The number of alkyl halides is 1. The van der Waals surface area contributed by atoms with Gasteiger partial charge in [0.15, 0.2) is 6.17 Å². The van der Waals surface area contributed by atoms with Crippen molar-refractivity contribution in [3.63, 3.8) is 0 Å². The average Bonchev–Trinajstić information content (AvgIpc) is 3.10. The van der Waals surface area contributed by atoms with E-state index in [-0.39, 0.29) is 0 Å². The van der Waals surface area contributed by atoms with Crippen molar-refractivity contribution in [2.24, 2.45) is 4.99 Å². The van der Waals surface area contributed by atoms with Gasteiger partial charge >= 0.3 is 0 Å². The van der Waals surface area contributed by atoms with Gasteiger partial charge in [0.2, 0.25) is 0 Å². The van der Waals surface area contributed by atoms with E-state index in [2.05, 4.69) is 10.1 Å². The van der Waals surface area contributed by atoms with Gasteiger partial charge in [0.25, 0.3) is 0 Å². The molecule has 0 amide bonds. The van der Waals surface area contributed by atoms with Gasteiger partial charge in [-0.25, -0.2) is 8.91 Å². The molecule has 4 rings (SSSR count). The Balaban J connectivity index is 1.94. The fourth-order valence-electron chi connectivity index (χ4n) is 2.74. The lowest BCUT2D eigenvalue weighted by Crippen LogP contribution is -2.31. The predicted molar refractivity (Wildman–Crippen MR) is 83.1 cm³/mol. The fourth-order valence-corrected chi connectivity index (χ4v) is 3.67. The van der Waals surface area contributed by atoms with Crippen molar-refractivity contribution in [1.29, 1.82) is 0 Å². The summed E-state index contributed by atoms with van der Waals surface area (Å²) in [5, 5.41) is 6.32. The second-order valence-electron chi connectivity index (χ2n) is 5.80. The van der Waals surface area contributed by atoms with Crippen LogP contribution in [-0.2, 0) is 0 Å². The summed E-state index contributed by atoms with van der Waals surface area (Å²) in [4.78, 5) is 5.59. The Kier molecular flexibility index (Phi) is 2.57. The maximum atomic E-state index is 14.6. The van der Waals surface area contributed by atoms with Crippen LogP contribution >= 0.6 is 11.3 Å². The number of fused-ring (bicyclic) bond motifs is 2. The number of aliphatic imine (C=N–C) groups is 1. The molecule has 3 aromatic rings. The molecule has 1 aliphatic heterocycles. The fraction of sp³-hybridized carbons (Fsp3) is 0.250. The summed E-state index contributed by atoms with van der Waals surface area (Å²) in [6.45, 7) is 3.67. The van der Waals surface area contributed by atoms with Crippen molar-refractivity contribution in [2.75, 3.05) is 0 Å². The molecule has 3 aromatic heterocycles. The van der Waals surface area contributed by atoms with E-state index in [1.807, 2.05) is 54.2 Å². The molecule has 0 N–H and O–H groups in total. The summed E-state index contributed by atoms with van der Waals surface area (Å²) >= 11 is 1.53. The summed E-state index contributed by atoms with van der Waals surface area (Å²) in [5.74, 6) is 0. The van der Waals surface area contributed by atoms with E-state index >= 15 is 0 Å². The number of thiophene rings is 1. The molecule has 0 saturated carbocycles. The first kappa shape index (κ1) is 12.7. The first-order chi connectivity index (χ1) is 10.1. The van der Waals surface area contributed by atoms with Gasteiger partial charge in [-0.05, 0) is 43.5 Å². The van der Waals surface area contributed by atoms with E-state index in [1.165, 1.54) is 11.3 Å². The summed E-state index contributed by atoms with van der Waals surface area (Å²) in [6.07, 6.45) is 2.64. The summed E-state index contributed by atoms with van der Waals surface area (Å²) in [5.41, 5.74) is 2.77. The van der Waals surface area contributed by atoms with E-state index in [9.17, 15) is 4.39 Å². The first-order valence-corrected chi connectivity index (χ1v) is 7.70. The minimum Gasteiger partial charge on any atom is -0.274 e. The Morgan fingerprint density at radius 1 is 1.33 bits per heavy atom. The van der Waals surface area contributed by atoms with Crippen LogP contribution in [0.3, 0.4) is 0 Å². The van der Waals surface area contributed by atoms with Crippen LogP contribution in [0.5, 0.6) is 0 Å². The van der Waals surface area contributed by atoms with Crippen molar-refractivity contribution < 1.29 is 4.39 Å². The standard InChI is InChI=1S/C16H14FN3S/c1-16(2)15(17)12-5-7-21-14(12)13(19-16)10-8-11-4-3-6-20(11)18-9-10/h3-9,15H,1-2H3. The van der Waals surface area contributed by atoms with Gasteiger partial charge in [0, 0.05) is 17.3 Å². The van der Waals surface area contributed by atoms with E-state index in [0.717, 1.165) is 27.2 Å². The average molecular weight is 299 g/mol. The highest BCUT2D eigenvalue weighted by molar-refractivity contribution is 7.12. The third-order valence-electron chi connectivity index (χ3n) is 3.86. The molecule has 106 valence electrons. The van der Waals surface area contributed by atoms with Gasteiger partial charge in [-0.2, -0.15) is 5.10 Å². The number of aromatic nitrogens is 2. The molecular weight excluding hydrogens is 285 g/mol. The van der Waals surface area contributed by atoms with Crippen LogP contribution in [-0.4, -0.2) is 20.9 Å². The van der Waals surface area contributed by atoms with Crippen LogP contribution in [0.4, 0.5) is 4.39 Å². The van der Waals surface area contributed by atoms with Crippen molar-refractivity contribution in [3.8, 4) is 0 Å². The molecule has 5 heteroatoms. The van der Waals surface area contributed by atoms with Crippen LogP contribution in [0.25, 0.3) is 5.52 Å². The third kappa shape index (κ3) is 1.84. The zero-order chi connectivity index (χ0) is 14.6. The second-order valence-corrected chi connectivity index (χ2v) is 6.72. The molecule has 0 aliphatic carbocycles. The Labute approximate surface area is 125 Å². The number of hydrogen-bond donors (Lipinski definition) is 0. The lowest BCUT2D eigenvalue weighted by atomic mass is 9.88. The Morgan fingerprint density at radius 3 is 3.05 bits per heavy atom. The quantitative estimate of drug-likeness (QED) is 0.667. The number of nitrogens with zero attached hydrogens (tertiary/aromatic N) is 3. The van der Waals surface area contributed by atoms with Crippen molar-refractivity contribution in [3.05, 3.63) is 58.0 Å². The molecule has 0 radical (unpaired) electrons. The normalized spacial score (nSPS) is 20.3. The zero-order valence-corrected chi connectivity index (χ0v) is 12.6. The number of rotatable bonds is 1. The number of hydrogen-bond acceptors (Lipinski definition) is 3. The highest BCUT2D eigenvalue weighted by Gasteiger charge is 2.38. The molecule has 3 nitrogen and oxygen atoms in total. The smallest absolute Gasteiger partial charge is 0.151 e. The monoisotopic (exact) mass is 299 g/mol.